The van der Waals surface area contributed by atoms with Crippen LogP contribution in [0.3, 0.4) is 0 Å². The van der Waals surface area contributed by atoms with Gasteiger partial charge in [-0.05, 0) is 68.2 Å². The number of hydrogen-bond acceptors (Lipinski definition) is 6. The summed E-state index contributed by atoms with van der Waals surface area (Å²) in [6.07, 6.45) is 7.47. The minimum atomic E-state index is -0.0968. The van der Waals surface area contributed by atoms with Gasteiger partial charge >= 0.3 is 0 Å². The molecular weight excluding hydrogens is 442 g/mol. The summed E-state index contributed by atoms with van der Waals surface area (Å²) in [5.74, 6) is -0.185. The third kappa shape index (κ3) is 5.08. The van der Waals surface area contributed by atoms with Gasteiger partial charge in [0.15, 0.2) is 11.5 Å². The number of benzene rings is 2. The van der Waals surface area contributed by atoms with Crippen LogP contribution in [0, 0.1) is 6.92 Å². The maximum absolute atomic E-state index is 12.9. The van der Waals surface area contributed by atoms with Crippen molar-refractivity contribution in [2.45, 2.75) is 38.9 Å². The summed E-state index contributed by atoms with van der Waals surface area (Å²) in [4.78, 5) is 19.5. The maximum Gasteiger partial charge on any atom is 0.251 e. The van der Waals surface area contributed by atoms with E-state index >= 15 is 0 Å². The van der Waals surface area contributed by atoms with Crippen LogP contribution < -0.4 is 10.9 Å². The summed E-state index contributed by atoms with van der Waals surface area (Å²) >= 11 is 0. The third-order valence-electron chi connectivity index (χ3n) is 6.97. The Morgan fingerprint density at radius 1 is 1.03 bits per heavy atom. The Morgan fingerprint density at radius 3 is 2.60 bits per heavy atom. The van der Waals surface area contributed by atoms with E-state index in [4.69, 9.17) is 0 Å². The highest BCUT2D eigenvalue weighted by atomic mass is 16.3. The smallest absolute Gasteiger partial charge is 0.251 e. The number of aryl methyl sites for hydroxylation is 1. The molecule has 5 rings (SSSR count). The zero-order valence-corrected chi connectivity index (χ0v) is 19.9. The quantitative estimate of drug-likeness (QED) is 0.357. The van der Waals surface area contributed by atoms with Crippen molar-refractivity contribution >= 4 is 10.9 Å². The van der Waals surface area contributed by atoms with E-state index in [9.17, 15) is 15.0 Å². The summed E-state index contributed by atoms with van der Waals surface area (Å²) in [6.45, 7) is 6.05. The number of nitrogens with one attached hydrogen (secondary N) is 1. The SMILES string of the molecule is Cc1cc(=O)n(CCN2CCC(NCc3ccc(O)c(O)c3)CC2)c2cc(-n3ccnc3)ccc12. The van der Waals surface area contributed by atoms with E-state index in [1.165, 1.54) is 6.07 Å². The number of hydrogen-bond donors (Lipinski definition) is 3. The summed E-state index contributed by atoms with van der Waals surface area (Å²) in [7, 11) is 0. The van der Waals surface area contributed by atoms with Gasteiger partial charge in [0.05, 0.1) is 11.8 Å². The molecule has 0 spiro atoms. The Hall–Kier alpha value is -3.62. The number of piperidine rings is 1. The normalized spacial score (nSPS) is 15.1. The highest BCUT2D eigenvalue weighted by Crippen LogP contribution is 2.25. The first-order chi connectivity index (χ1) is 17.0. The van der Waals surface area contributed by atoms with Crippen LogP contribution in [-0.2, 0) is 13.1 Å². The van der Waals surface area contributed by atoms with E-state index in [1.807, 2.05) is 28.3 Å². The molecule has 2 aromatic heterocycles. The second kappa shape index (κ2) is 9.93. The molecule has 0 aliphatic carbocycles. The lowest BCUT2D eigenvalue weighted by Crippen LogP contribution is -2.43. The van der Waals surface area contributed by atoms with E-state index in [1.54, 1.807) is 24.7 Å². The number of nitrogens with zero attached hydrogens (tertiary/aromatic N) is 4. The number of likely N-dealkylation sites (tertiary alicyclic amines) is 1. The van der Waals surface area contributed by atoms with Crippen molar-refractivity contribution in [3.05, 3.63) is 82.7 Å². The van der Waals surface area contributed by atoms with Crippen LogP contribution in [0.2, 0.25) is 0 Å². The Bertz CT molecular complexity index is 1370. The molecule has 1 aliphatic rings. The number of phenolic OH excluding ortho intramolecular Hbond substituents is 2. The van der Waals surface area contributed by atoms with E-state index in [0.29, 0.717) is 19.1 Å². The van der Waals surface area contributed by atoms with Gasteiger partial charge in [-0.2, -0.15) is 0 Å². The summed E-state index contributed by atoms with van der Waals surface area (Å²) in [5, 5.41) is 23.8. The van der Waals surface area contributed by atoms with Crippen LogP contribution in [0.15, 0.2) is 66.0 Å². The molecular formula is C27H31N5O3. The van der Waals surface area contributed by atoms with Crippen LogP contribution in [-0.4, -0.2) is 54.9 Å². The zero-order valence-electron chi connectivity index (χ0n) is 19.9. The molecule has 2 aromatic carbocycles. The standard InChI is InChI=1S/C27H31N5O3/c1-19-14-27(35)32(24-16-22(3-4-23(19)24)31-11-8-28-18-31)13-12-30-9-6-21(7-10-30)29-17-20-2-5-25(33)26(34)15-20/h2-5,8,11,14-16,18,21,29,33-34H,6-7,9-10,12-13,17H2,1H3. The van der Waals surface area contributed by atoms with Crippen LogP contribution in [0.5, 0.6) is 11.5 Å². The molecule has 3 N–H and O–H groups in total. The average molecular weight is 474 g/mol. The first kappa shape index (κ1) is 23.1. The van der Waals surface area contributed by atoms with Gasteiger partial charge < -0.3 is 29.6 Å². The number of aromatic hydroxyl groups is 2. The predicted molar refractivity (Wildman–Crippen MR) is 136 cm³/mol. The van der Waals surface area contributed by atoms with Crippen molar-refractivity contribution in [2.75, 3.05) is 19.6 Å². The lowest BCUT2D eigenvalue weighted by atomic mass is 10.0. The van der Waals surface area contributed by atoms with E-state index in [0.717, 1.165) is 60.2 Å². The number of rotatable bonds is 7. The monoisotopic (exact) mass is 473 g/mol. The fourth-order valence-electron chi connectivity index (χ4n) is 4.88. The van der Waals surface area contributed by atoms with Crippen molar-refractivity contribution in [1.29, 1.82) is 0 Å². The van der Waals surface area contributed by atoms with Crippen molar-refractivity contribution < 1.29 is 10.2 Å². The third-order valence-corrected chi connectivity index (χ3v) is 6.97. The highest BCUT2D eigenvalue weighted by Gasteiger charge is 2.19. The lowest BCUT2D eigenvalue weighted by Gasteiger charge is -2.32. The first-order valence-corrected chi connectivity index (χ1v) is 12.1. The molecule has 35 heavy (non-hydrogen) atoms. The topological polar surface area (TPSA) is 95.5 Å². The van der Waals surface area contributed by atoms with Crippen LogP contribution in [0.4, 0.5) is 0 Å². The van der Waals surface area contributed by atoms with Gasteiger partial charge in [0.1, 0.15) is 0 Å². The largest absolute Gasteiger partial charge is 0.504 e. The van der Waals surface area contributed by atoms with Gasteiger partial charge in [-0.3, -0.25) is 4.79 Å². The van der Waals surface area contributed by atoms with Gasteiger partial charge in [-0.15, -0.1) is 0 Å². The number of imidazole rings is 1. The molecule has 0 radical (unpaired) electrons. The Labute approximate surface area is 204 Å². The molecule has 0 atom stereocenters. The molecule has 8 heteroatoms. The van der Waals surface area contributed by atoms with Crippen molar-refractivity contribution in [3.63, 3.8) is 0 Å². The minimum absolute atomic E-state index is 0.0338. The molecule has 182 valence electrons. The molecule has 3 heterocycles. The highest BCUT2D eigenvalue weighted by molar-refractivity contribution is 5.84. The van der Waals surface area contributed by atoms with Crippen molar-refractivity contribution in [1.82, 2.24) is 24.3 Å². The fourth-order valence-corrected chi connectivity index (χ4v) is 4.88. The van der Waals surface area contributed by atoms with Gasteiger partial charge in [0.25, 0.3) is 5.56 Å². The van der Waals surface area contributed by atoms with Gasteiger partial charge in [-0.1, -0.05) is 12.1 Å². The average Bonchev–Trinajstić information content (AvgIpc) is 3.40. The first-order valence-electron chi connectivity index (χ1n) is 12.1. The lowest BCUT2D eigenvalue weighted by molar-refractivity contribution is 0.191. The molecule has 1 fully saturated rings. The van der Waals surface area contributed by atoms with Gasteiger partial charge in [0.2, 0.25) is 0 Å². The van der Waals surface area contributed by atoms with Crippen LogP contribution in [0.25, 0.3) is 16.6 Å². The second-order valence-corrected chi connectivity index (χ2v) is 9.31. The fraction of sp³-hybridized carbons (Fsp3) is 0.333. The van der Waals surface area contributed by atoms with Crippen LogP contribution >= 0.6 is 0 Å². The Kier molecular flexibility index (Phi) is 6.57. The van der Waals surface area contributed by atoms with Crippen molar-refractivity contribution in [2.24, 2.45) is 0 Å². The van der Waals surface area contributed by atoms with Gasteiger partial charge in [-0.25, -0.2) is 4.98 Å². The zero-order chi connectivity index (χ0) is 24.4. The molecule has 0 amide bonds. The van der Waals surface area contributed by atoms with Crippen LogP contribution in [0.1, 0.15) is 24.0 Å². The number of pyridine rings is 1. The second-order valence-electron chi connectivity index (χ2n) is 9.31. The number of fused-ring (bicyclic) bond motifs is 1. The van der Waals surface area contributed by atoms with E-state index in [-0.39, 0.29) is 17.1 Å². The summed E-state index contributed by atoms with van der Waals surface area (Å²) in [6, 6.07) is 13.3. The van der Waals surface area contributed by atoms with Crippen molar-refractivity contribution in [3.8, 4) is 17.2 Å². The maximum atomic E-state index is 12.9. The molecule has 4 aromatic rings. The van der Waals surface area contributed by atoms with E-state index < -0.39 is 0 Å². The Balaban J connectivity index is 1.22. The molecule has 0 bridgehead atoms. The molecule has 1 saturated heterocycles. The predicted octanol–water partition coefficient (Wildman–Crippen LogP) is 3.16. The van der Waals surface area contributed by atoms with Gasteiger partial charge in [0, 0.05) is 55.2 Å². The summed E-state index contributed by atoms with van der Waals surface area (Å²) in [5.41, 5.74) is 3.92. The Morgan fingerprint density at radius 2 is 1.86 bits per heavy atom. The number of phenols is 2. The molecule has 0 unspecified atom stereocenters. The summed E-state index contributed by atoms with van der Waals surface area (Å²) < 4.78 is 3.85. The van der Waals surface area contributed by atoms with E-state index in [2.05, 4.69) is 33.4 Å². The molecule has 1 aliphatic heterocycles. The minimum Gasteiger partial charge on any atom is -0.504 e. The number of aromatic nitrogens is 3. The molecule has 8 nitrogen and oxygen atoms in total. The molecule has 0 saturated carbocycles.